The van der Waals surface area contributed by atoms with E-state index in [1.807, 2.05) is 20.2 Å². The van der Waals surface area contributed by atoms with Crippen molar-refractivity contribution >= 4 is 31.9 Å². The first kappa shape index (κ1) is 11.8. The van der Waals surface area contributed by atoms with Gasteiger partial charge in [0.15, 0.2) is 9.27 Å². The lowest BCUT2D eigenvalue weighted by Crippen LogP contribution is -2.20. The van der Waals surface area contributed by atoms with Crippen molar-refractivity contribution in [3.63, 3.8) is 0 Å². The molecule has 2 aromatic rings. The average molecular weight is 350 g/mol. The van der Waals surface area contributed by atoms with Crippen molar-refractivity contribution in [1.29, 1.82) is 0 Å². The second-order valence-corrected chi connectivity index (χ2v) is 4.73. The lowest BCUT2D eigenvalue weighted by atomic mass is 10.1. The second kappa shape index (κ2) is 4.68. The van der Waals surface area contributed by atoms with Crippen LogP contribution in [0.4, 0.5) is 0 Å². The molecule has 0 aliphatic rings. The van der Waals surface area contributed by atoms with Crippen LogP contribution in [0.3, 0.4) is 0 Å². The monoisotopic (exact) mass is 348 g/mol. The summed E-state index contributed by atoms with van der Waals surface area (Å²) in [4.78, 5) is 0. The number of furan rings is 1. The van der Waals surface area contributed by atoms with Gasteiger partial charge in [0.05, 0.1) is 18.0 Å². The predicted molar refractivity (Wildman–Crippen MR) is 66.0 cm³/mol. The molecule has 0 saturated carbocycles. The lowest BCUT2D eigenvalue weighted by Gasteiger charge is -2.15. The Hall–Kier alpha value is -0.660. The van der Waals surface area contributed by atoms with Crippen LogP contribution in [0.1, 0.15) is 17.3 Å². The van der Waals surface area contributed by atoms with Crippen LogP contribution in [0.25, 0.3) is 0 Å². The van der Waals surface area contributed by atoms with E-state index in [0.717, 1.165) is 15.9 Å². The summed E-state index contributed by atoms with van der Waals surface area (Å²) < 4.78 is 8.40. The Balaban J connectivity index is 2.49. The zero-order valence-electron chi connectivity index (χ0n) is 8.74. The highest BCUT2D eigenvalue weighted by Crippen LogP contribution is 2.31. The summed E-state index contributed by atoms with van der Waals surface area (Å²) in [5, 5.41) is 11.1. The molecule has 0 aliphatic heterocycles. The smallest absolute Gasteiger partial charge is 0.174 e. The van der Waals surface area contributed by atoms with E-state index in [1.165, 1.54) is 0 Å². The molecule has 2 rings (SSSR count). The Morgan fingerprint density at radius 1 is 1.50 bits per heavy atom. The molecule has 0 amide bonds. The molecule has 86 valence electrons. The third-order valence-corrected chi connectivity index (χ3v) is 3.56. The van der Waals surface area contributed by atoms with Crippen molar-refractivity contribution in [2.75, 3.05) is 7.05 Å². The molecule has 0 radical (unpaired) electrons. The minimum atomic E-state index is -0.0255. The first-order valence-corrected chi connectivity index (χ1v) is 6.19. The largest absolute Gasteiger partial charge is 0.457 e. The van der Waals surface area contributed by atoms with Crippen LogP contribution in [0.2, 0.25) is 0 Å². The van der Waals surface area contributed by atoms with Crippen LogP contribution < -0.4 is 5.32 Å². The summed E-state index contributed by atoms with van der Waals surface area (Å²) in [6.07, 6.45) is 1.64. The number of aryl methyl sites for hydroxylation is 1. The molecule has 0 bridgehead atoms. The van der Waals surface area contributed by atoms with E-state index in [1.54, 1.807) is 10.9 Å². The van der Waals surface area contributed by atoms with Crippen LogP contribution in [-0.2, 0) is 7.05 Å². The molecule has 2 heterocycles. The summed E-state index contributed by atoms with van der Waals surface area (Å²) >= 11 is 6.76. The van der Waals surface area contributed by atoms with Crippen molar-refractivity contribution in [2.24, 2.45) is 7.05 Å². The van der Waals surface area contributed by atoms with Gasteiger partial charge < -0.3 is 9.73 Å². The maximum atomic E-state index is 5.24. The Morgan fingerprint density at radius 2 is 2.25 bits per heavy atom. The number of nitrogens with zero attached hydrogens (tertiary/aromatic N) is 3. The number of hydrogen-bond acceptors (Lipinski definition) is 4. The van der Waals surface area contributed by atoms with Gasteiger partial charge in [-0.1, -0.05) is 5.21 Å². The molecule has 0 aromatic carbocycles. The van der Waals surface area contributed by atoms with E-state index >= 15 is 0 Å². The van der Waals surface area contributed by atoms with Crippen LogP contribution >= 0.6 is 31.9 Å². The molecule has 0 aliphatic carbocycles. The number of aromatic nitrogens is 3. The number of nitrogens with one attached hydrogen (secondary N) is 1. The average Bonchev–Trinajstić information content (AvgIpc) is 2.80. The van der Waals surface area contributed by atoms with Gasteiger partial charge in [0, 0.05) is 12.6 Å². The molecule has 0 fully saturated rings. The fourth-order valence-electron chi connectivity index (χ4n) is 1.60. The van der Waals surface area contributed by atoms with E-state index < -0.39 is 0 Å². The van der Waals surface area contributed by atoms with Gasteiger partial charge >= 0.3 is 0 Å². The summed E-state index contributed by atoms with van der Waals surface area (Å²) in [6, 6.07) is 1.88. The highest BCUT2D eigenvalue weighted by atomic mass is 79.9. The SMILES string of the molecule is CNC(c1ccoc1Br)c1c(Br)nnn1C. The Labute approximate surface area is 109 Å². The summed E-state index contributed by atoms with van der Waals surface area (Å²) in [5.74, 6) is 0. The van der Waals surface area contributed by atoms with Gasteiger partial charge in [0.2, 0.25) is 0 Å². The normalized spacial score (nSPS) is 13.0. The molecule has 1 atom stereocenters. The molecular formula is C9H10Br2N4O. The van der Waals surface area contributed by atoms with Crippen LogP contribution in [-0.4, -0.2) is 22.0 Å². The van der Waals surface area contributed by atoms with E-state index in [-0.39, 0.29) is 6.04 Å². The quantitative estimate of drug-likeness (QED) is 0.923. The minimum absolute atomic E-state index is 0.0255. The van der Waals surface area contributed by atoms with Gasteiger partial charge in [0.25, 0.3) is 0 Å². The Morgan fingerprint density at radius 3 is 2.69 bits per heavy atom. The van der Waals surface area contributed by atoms with Gasteiger partial charge in [-0.2, -0.15) is 0 Å². The van der Waals surface area contributed by atoms with E-state index in [4.69, 9.17) is 4.42 Å². The topological polar surface area (TPSA) is 55.9 Å². The molecule has 5 nitrogen and oxygen atoms in total. The third-order valence-electron chi connectivity index (χ3n) is 2.35. The predicted octanol–water partition coefficient (Wildman–Crippen LogP) is 2.24. The lowest BCUT2D eigenvalue weighted by molar-refractivity contribution is 0.524. The fourth-order valence-corrected chi connectivity index (χ4v) is 2.62. The molecule has 0 saturated heterocycles. The zero-order chi connectivity index (χ0) is 11.7. The molecule has 7 heteroatoms. The van der Waals surface area contributed by atoms with Gasteiger partial charge in [-0.05, 0) is 45.0 Å². The Kier molecular flexibility index (Phi) is 3.46. The molecule has 0 spiro atoms. The molecule has 2 aromatic heterocycles. The van der Waals surface area contributed by atoms with Crippen LogP contribution in [0.15, 0.2) is 26.0 Å². The zero-order valence-corrected chi connectivity index (χ0v) is 11.9. The fraction of sp³-hybridized carbons (Fsp3) is 0.333. The number of rotatable bonds is 3. The molecule has 1 N–H and O–H groups in total. The van der Waals surface area contributed by atoms with Crippen molar-refractivity contribution in [2.45, 2.75) is 6.04 Å². The van der Waals surface area contributed by atoms with E-state index in [2.05, 4.69) is 47.5 Å². The van der Waals surface area contributed by atoms with Crippen LogP contribution in [0.5, 0.6) is 0 Å². The number of hydrogen-bond donors (Lipinski definition) is 1. The van der Waals surface area contributed by atoms with Gasteiger partial charge in [0.1, 0.15) is 0 Å². The first-order chi connectivity index (χ1) is 7.65. The van der Waals surface area contributed by atoms with Crippen molar-refractivity contribution < 1.29 is 4.42 Å². The summed E-state index contributed by atoms with van der Waals surface area (Å²) in [6.45, 7) is 0. The third kappa shape index (κ3) is 1.94. The highest BCUT2D eigenvalue weighted by molar-refractivity contribution is 9.10. The summed E-state index contributed by atoms with van der Waals surface area (Å²) in [5.41, 5.74) is 1.96. The van der Waals surface area contributed by atoms with Gasteiger partial charge in [-0.3, -0.25) is 0 Å². The van der Waals surface area contributed by atoms with Gasteiger partial charge in [-0.15, -0.1) is 5.10 Å². The van der Waals surface area contributed by atoms with Crippen LogP contribution in [0, 0.1) is 0 Å². The first-order valence-electron chi connectivity index (χ1n) is 4.60. The number of halogens is 2. The summed E-state index contributed by atoms with van der Waals surface area (Å²) in [7, 11) is 3.73. The van der Waals surface area contributed by atoms with Crippen molar-refractivity contribution in [3.8, 4) is 0 Å². The van der Waals surface area contributed by atoms with Crippen molar-refractivity contribution in [1.82, 2.24) is 20.3 Å². The minimum Gasteiger partial charge on any atom is -0.457 e. The molecule has 16 heavy (non-hydrogen) atoms. The van der Waals surface area contributed by atoms with Crippen molar-refractivity contribution in [3.05, 3.63) is 32.9 Å². The van der Waals surface area contributed by atoms with E-state index in [0.29, 0.717) is 4.67 Å². The maximum absolute atomic E-state index is 5.24. The van der Waals surface area contributed by atoms with E-state index in [9.17, 15) is 0 Å². The molecular weight excluding hydrogens is 340 g/mol. The standard InChI is InChI=1S/C9H10Br2N4O/c1-12-6(5-3-4-16-9(5)11)7-8(10)13-14-15(7)2/h3-4,6,12H,1-2H3. The Bertz CT molecular complexity index is 474. The maximum Gasteiger partial charge on any atom is 0.174 e. The highest BCUT2D eigenvalue weighted by Gasteiger charge is 2.23. The van der Waals surface area contributed by atoms with Gasteiger partial charge in [-0.25, -0.2) is 4.68 Å². The molecule has 1 unspecified atom stereocenters. The second-order valence-electron chi connectivity index (χ2n) is 3.26.